The molecule has 0 saturated heterocycles. The molecule has 1 aromatic heterocycles. The summed E-state index contributed by atoms with van der Waals surface area (Å²) in [5.74, 6) is 1.47. The zero-order chi connectivity index (χ0) is 14.0. The van der Waals surface area contributed by atoms with Crippen molar-refractivity contribution in [2.24, 2.45) is 0 Å². The molecule has 1 heterocycles. The van der Waals surface area contributed by atoms with Crippen LogP contribution < -0.4 is 4.74 Å². The molecule has 0 aliphatic heterocycles. The highest BCUT2D eigenvalue weighted by atomic mass is 79.9. The fourth-order valence-corrected chi connectivity index (χ4v) is 2.09. The summed E-state index contributed by atoms with van der Waals surface area (Å²) in [7, 11) is 1.61. The van der Waals surface area contributed by atoms with Crippen LogP contribution >= 0.6 is 15.9 Å². The van der Waals surface area contributed by atoms with E-state index in [1.165, 1.54) is 0 Å². The van der Waals surface area contributed by atoms with Gasteiger partial charge in [-0.2, -0.15) is 4.98 Å². The normalized spacial score (nSPS) is 14.2. The average Bonchev–Trinajstić information content (AvgIpc) is 2.87. The van der Waals surface area contributed by atoms with Crippen molar-refractivity contribution in [1.29, 1.82) is 0 Å². The molecule has 1 aromatic carbocycles. The zero-order valence-corrected chi connectivity index (χ0v) is 12.5. The Morgan fingerprint density at radius 1 is 1.37 bits per heavy atom. The number of aliphatic hydroxyl groups is 1. The number of benzene rings is 1. The Morgan fingerprint density at radius 2 is 2.11 bits per heavy atom. The van der Waals surface area contributed by atoms with Gasteiger partial charge in [-0.1, -0.05) is 12.1 Å². The number of methoxy groups -OCH3 is 1. The fourth-order valence-electron chi connectivity index (χ4n) is 1.55. The molecular weight excluding hydrogens is 312 g/mol. The van der Waals surface area contributed by atoms with E-state index in [4.69, 9.17) is 9.26 Å². The van der Waals surface area contributed by atoms with E-state index in [1.54, 1.807) is 14.0 Å². The minimum atomic E-state index is -0.532. The second-order valence-electron chi connectivity index (χ2n) is 4.33. The molecule has 1 N–H and O–H groups in total. The van der Waals surface area contributed by atoms with Crippen molar-refractivity contribution >= 4 is 15.9 Å². The molecule has 0 bridgehead atoms. The van der Waals surface area contributed by atoms with Crippen LogP contribution in [0.4, 0.5) is 0 Å². The van der Waals surface area contributed by atoms with Gasteiger partial charge in [0, 0.05) is 5.56 Å². The first kappa shape index (κ1) is 14.0. The van der Waals surface area contributed by atoms with Gasteiger partial charge >= 0.3 is 0 Å². The Hall–Kier alpha value is -1.40. The maximum atomic E-state index is 9.51. The highest BCUT2D eigenvalue weighted by Crippen LogP contribution is 2.30. The molecule has 0 spiro atoms. The summed E-state index contributed by atoms with van der Waals surface area (Å²) in [6.45, 7) is 3.53. The molecule has 19 heavy (non-hydrogen) atoms. The molecule has 2 atom stereocenters. The van der Waals surface area contributed by atoms with E-state index in [1.807, 2.05) is 25.1 Å². The summed E-state index contributed by atoms with van der Waals surface area (Å²) in [5.41, 5.74) is 0.820. The first-order chi connectivity index (χ1) is 9.02. The fraction of sp³-hybridized carbons (Fsp3) is 0.385. The van der Waals surface area contributed by atoms with Gasteiger partial charge in [0.2, 0.25) is 11.7 Å². The van der Waals surface area contributed by atoms with E-state index in [9.17, 15) is 5.11 Å². The number of halogens is 1. The van der Waals surface area contributed by atoms with E-state index in [2.05, 4.69) is 26.1 Å². The average molecular weight is 327 g/mol. The Bertz CT molecular complexity index is 569. The highest BCUT2D eigenvalue weighted by molar-refractivity contribution is 9.10. The first-order valence-electron chi connectivity index (χ1n) is 5.88. The summed E-state index contributed by atoms with van der Waals surface area (Å²) >= 11 is 3.41. The van der Waals surface area contributed by atoms with Crippen LogP contribution in [0.25, 0.3) is 11.4 Å². The number of hydrogen-bond donors (Lipinski definition) is 1. The van der Waals surface area contributed by atoms with Gasteiger partial charge < -0.3 is 14.4 Å². The first-order valence-corrected chi connectivity index (χ1v) is 6.67. The van der Waals surface area contributed by atoms with Crippen molar-refractivity contribution in [3.8, 4) is 17.1 Å². The lowest BCUT2D eigenvalue weighted by Gasteiger charge is -2.08. The molecule has 0 fully saturated rings. The lowest BCUT2D eigenvalue weighted by Crippen LogP contribution is -2.11. The zero-order valence-electron chi connectivity index (χ0n) is 10.9. The van der Waals surface area contributed by atoms with E-state index in [0.717, 1.165) is 15.8 Å². The second-order valence-corrected chi connectivity index (χ2v) is 5.19. The van der Waals surface area contributed by atoms with Gasteiger partial charge in [-0.3, -0.25) is 0 Å². The van der Waals surface area contributed by atoms with Crippen molar-refractivity contribution in [2.75, 3.05) is 7.11 Å². The van der Waals surface area contributed by atoms with Crippen molar-refractivity contribution in [3.63, 3.8) is 0 Å². The van der Waals surface area contributed by atoms with Crippen LogP contribution in [0.2, 0.25) is 0 Å². The molecule has 2 unspecified atom stereocenters. The third kappa shape index (κ3) is 2.96. The van der Waals surface area contributed by atoms with Gasteiger partial charge in [0.1, 0.15) is 5.75 Å². The monoisotopic (exact) mass is 326 g/mol. The van der Waals surface area contributed by atoms with Gasteiger partial charge in [-0.25, -0.2) is 0 Å². The van der Waals surface area contributed by atoms with Crippen molar-refractivity contribution < 1.29 is 14.4 Å². The lowest BCUT2D eigenvalue weighted by atomic mass is 10.1. The summed E-state index contributed by atoms with van der Waals surface area (Å²) in [6.07, 6.45) is -0.532. The van der Waals surface area contributed by atoms with Crippen LogP contribution in [0, 0.1) is 0 Å². The molecule has 2 rings (SSSR count). The summed E-state index contributed by atoms with van der Waals surface area (Å²) in [6, 6.07) is 5.54. The topological polar surface area (TPSA) is 68.4 Å². The Morgan fingerprint density at radius 3 is 2.68 bits per heavy atom. The largest absolute Gasteiger partial charge is 0.496 e. The molecule has 0 radical (unpaired) electrons. The quantitative estimate of drug-likeness (QED) is 0.935. The maximum Gasteiger partial charge on any atom is 0.232 e. The predicted octanol–water partition coefficient (Wildman–Crippen LogP) is 2.99. The summed E-state index contributed by atoms with van der Waals surface area (Å²) in [5, 5.41) is 13.4. The smallest absolute Gasteiger partial charge is 0.232 e. The van der Waals surface area contributed by atoms with E-state index in [-0.39, 0.29) is 5.92 Å². The Labute approximate surface area is 119 Å². The van der Waals surface area contributed by atoms with Gasteiger partial charge in [-0.15, -0.1) is 0 Å². The van der Waals surface area contributed by atoms with E-state index in [0.29, 0.717) is 11.7 Å². The minimum Gasteiger partial charge on any atom is -0.496 e. The van der Waals surface area contributed by atoms with Crippen molar-refractivity contribution in [2.45, 2.75) is 25.9 Å². The molecule has 6 heteroatoms. The lowest BCUT2D eigenvalue weighted by molar-refractivity contribution is 0.151. The third-order valence-electron chi connectivity index (χ3n) is 2.96. The number of aliphatic hydroxyl groups excluding tert-OH is 1. The molecule has 0 aliphatic rings. The number of aromatic nitrogens is 2. The van der Waals surface area contributed by atoms with Gasteiger partial charge in [0.05, 0.1) is 23.6 Å². The van der Waals surface area contributed by atoms with Crippen LogP contribution in [-0.2, 0) is 0 Å². The van der Waals surface area contributed by atoms with Crippen molar-refractivity contribution in [3.05, 3.63) is 28.6 Å². The number of hydrogen-bond acceptors (Lipinski definition) is 5. The van der Waals surface area contributed by atoms with Crippen LogP contribution in [-0.4, -0.2) is 28.5 Å². The van der Waals surface area contributed by atoms with Gasteiger partial charge in [0.15, 0.2) is 0 Å². The van der Waals surface area contributed by atoms with Crippen LogP contribution in [0.1, 0.15) is 25.7 Å². The number of ether oxygens (including phenoxy) is 1. The SMILES string of the molecule is COc1ccc(-c2noc(C(C)C(C)O)n2)cc1Br. The molecular formula is C13H15BrN2O3. The standard InChI is InChI=1S/C13H15BrN2O3/c1-7(8(2)17)13-15-12(16-19-13)9-4-5-11(18-3)10(14)6-9/h4-8,17H,1-3H3. The second kappa shape index (κ2) is 5.71. The van der Waals surface area contributed by atoms with Gasteiger partial charge in [0.25, 0.3) is 0 Å². The Kier molecular flexibility index (Phi) is 4.21. The summed E-state index contributed by atoms with van der Waals surface area (Å²) in [4.78, 5) is 4.30. The molecule has 0 saturated carbocycles. The predicted molar refractivity (Wildman–Crippen MR) is 74.1 cm³/mol. The molecule has 2 aromatic rings. The third-order valence-corrected chi connectivity index (χ3v) is 3.58. The van der Waals surface area contributed by atoms with Crippen LogP contribution in [0.5, 0.6) is 5.75 Å². The van der Waals surface area contributed by atoms with E-state index >= 15 is 0 Å². The molecule has 0 amide bonds. The summed E-state index contributed by atoms with van der Waals surface area (Å²) < 4.78 is 11.2. The maximum absolute atomic E-state index is 9.51. The Balaban J connectivity index is 2.30. The van der Waals surface area contributed by atoms with Gasteiger partial charge in [-0.05, 0) is 41.1 Å². The van der Waals surface area contributed by atoms with Crippen LogP contribution in [0.3, 0.4) is 0 Å². The van der Waals surface area contributed by atoms with Crippen LogP contribution in [0.15, 0.2) is 27.2 Å². The highest BCUT2D eigenvalue weighted by Gasteiger charge is 2.19. The molecule has 0 aliphatic carbocycles. The molecule has 5 nitrogen and oxygen atoms in total. The number of nitrogens with zero attached hydrogens (tertiary/aromatic N) is 2. The van der Waals surface area contributed by atoms with E-state index < -0.39 is 6.10 Å². The minimum absolute atomic E-state index is 0.192. The van der Waals surface area contributed by atoms with Crippen molar-refractivity contribution in [1.82, 2.24) is 10.1 Å². The molecule has 102 valence electrons. The number of rotatable bonds is 4.